The van der Waals surface area contributed by atoms with Crippen molar-refractivity contribution in [1.82, 2.24) is 0 Å². The second-order valence-electron chi connectivity index (χ2n) is 3.60. The highest BCUT2D eigenvalue weighted by atomic mass is 32.2. The minimum Gasteiger partial charge on any atom is -0.469 e. The molecule has 7 nitrogen and oxygen atoms in total. The molecule has 0 unspecified atom stereocenters. The van der Waals surface area contributed by atoms with E-state index in [2.05, 4.69) is 21.3 Å². The van der Waals surface area contributed by atoms with Crippen LogP contribution in [0.4, 0.5) is 0 Å². The van der Waals surface area contributed by atoms with Crippen molar-refractivity contribution in [1.29, 1.82) is 0 Å². The van der Waals surface area contributed by atoms with Gasteiger partial charge in [0, 0.05) is 10.3 Å². The number of rotatable bonds is 4. The fourth-order valence-electron chi connectivity index (χ4n) is 1.72. The molecule has 1 aliphatic rings. The van der Waals surface area contributed by atoms with E-state index in [4.69, 9.17) is 5.53 Å². The molecular weight excluding hydrogens is 234 g/mol. The number of nitrogens with zero attached hydrogens (tertiary/aromatic N) is 3. The van der Waals surface area contributed by atoms with Crippen molar-refractivity contribution < 1.29 is 17.9 Å². The first-order chi connectivity index (χ1) is 7.40. The first-order valence-electron chi connectivity index (χ1n) is 4.37. The maximum absolute atomic E-state index is 11.4. The Bertz CT molecular complexity index is 452. The zero-order valence-electron chi connectivity index (χ0n) is 8.66. The maximum atomic E-state index is 11.4. The summed E-state index contributed by atoms with van der Waals surface area (Å²) in [6, 6.07) is -1.18. The highest BCUT2D eigenvalue weighted by Crippen LogP contribution is 2.39. The number of carbonyl (C=O) groups is 1. The number of azide groups is 1. The third kappa shape index (κ3) is 2.02. The zero-order valence-corrected chi connectivity index (χ0v) is 9.48. The van der Waals surface area contributed by atoms with Crippen LogP contribution in [0, 0.1) is 5.41 Å². The number of hydrogen-bond acceptors (Lipinski definition) is 5. The van der Waals surface area contributed by atoms with Gasteiger partial charge < -0.3 is 4.74 Å². The van der Waals surface area contributed by atoms with E-state index >= 15 is 0 Å². The number of methoxy groups -OCH3 is 1. The second-order valence-corrected chi connectivity index (χ2v) is 5.66. The third-order valence-electron chi connectivity index (χ3n) is 2.52. The summed E-state index contributed by atoms with van der Waals surface area (Å²) in [6.07, 6.45) is 1.34. The molecule has 0 aromatic heterocycles. The van der Waals surface area contributed by atoms with Crippen molar-refractivity contribution >= 4 is 15.8 Å². The number of esters is 1. The normalized spacial score (nSPS) is 22.1. The molecule has 0 bridgehead atoms. The van der Waals surface area contributed by atoms with Crippen molar-refractivity contribution in [3.05, 3.63) is 23.1 Å². The van der Waals surface area contributed by atoms with Crippen molar-refractivity contribution in [2.75, 3.05) is 18.6 Å². The van der Waals surface area contributed by atoms with Crippen LogP contribution in [-0.2, 0) is 19.4 Å². The van der Waals surface area contributed by atoms with Gasteiger partial charge in [-0.15, -0.1) is 6.58 Å². The summed E-state index contributed by atoms with van der Waals surface area (Å²) < 4.78 is 26.8. The summed E-state index contributed by atoms with van der Waals surface area (Å²) in [4.78, 5) is 13.9. The lowest BCUT2D eigenvalue weighted by molar-refractivity contribution is -0.144. The summed E-state index contributed by atoms with van der Waals surface area (Å²) in [7, 11) is -2.02. The number of sulfone groups is 1. The molecule has 0 N–H and O–H groups in total. The average molecular weight is 245 g/mol. The fourth-order valence-corrected chi connectivity index (χ4v) is 3.83. The summed E-state index contributed by atoms with van der Waals surface area (Å²) in [6.45, 7) is 3.48. The van der Waals surface area contributed by atoms with Gasteiger partial charge in [-0.25, -0.2) is 8.42 Å². The van der Waals surface area contributed by atoms with E-state index in [9.17, 15) is 13.2 Å². The molecule has 1 rings (SSSR count). The Labute approximate surface area is 92.6 Å². The molecule has 0 amide bonds. The van der Waals surface area contributed by atoms with Gasteiger partial charge in [0.25, 0.3) is 0 Å². The van der Waals surface area contributed by atoms with Crippen LogP contribution in [0.15, 0.2) is 17.8 Å². The van der Waals surface area contributed by atoms with Gasteiger partial charge >= 0.3 is 5.97 Å². The molecule has 0 aromatic carbocycles. The quantitative estimate of drug-likeness (QED) is 0.235. The highest BCUT2D eigenvalue weighted by molar-refractivity contribution is 7.92. The van der Waals surface area contributed by atoms with E-state index in [0.717, 1.165) is 7.11 Å². The molecule has 0 saturated carbocycles. The predicted molar refractivity (Wildman–Crippen MR) is 56.2 cm³/mol. The Morgan fingerprint density at radius 3 is 2.56 bits per heavy atom. The molecule has 1 aliphatic heterocycles. The Hall–Kier alpha value is -1.53. The monoisotopic (exact) mass is 245 g/mol. The van der Waals surface area contributed by atoms with Crippen LogP contribution in [0.1, 0.15) is 0 Å². The molecule has 16 heavy (non-hydrogen) atoms. The van der Waals surface area contributed by atoms with Gasteiger partial charge in [-0.1, -0.05) is 11.2 Å². The van der Waals surface area contributed by atoms with Crippen LogP contribution in [-0.4, -0.2) is 39.0 Å². The smallest absolute Gasteiger partial charge is 0.315 e. The molecule has 0 aliphatic carbocycles. The molecule has 88 valence electrons. The standard InChI is InChI=1S/C8H11N3O4S/c1-3-8(4-16(13,14)5-8)6(10-11-9)7(12)15-2/h3,6H,1,4-5H2,2H3/t6-/m1/s1. The molecule has 1 atom stereocenters. The van der Waals surface area contributed by atoms with E-state index < -0.39 is 27.3 Å². The number of ether oxygens (including phenoxy) is 1. The summed E-state index contributed by atoms with van der Waals surface area (Å²) in [5.74, 6) is -1.25. The van der Waals surface area contributed by atoms with E-state index in [0.29, 0.717) is 0 Å². The van der Waals surface area contributed by atoms with Crippen LogP contribution >= 0.6 is 0 Å². The van der Waals surface area contributed by atoms with Crippen LogP contribution in [0.2, 0.25) is 0 Å². The van der Waals surface area contributed by atoms with Gasteiger partial charge in [0.05, 0.1) is 18.6 Å². The lowest BCUT2D eigenvalue weighted by atomic mass is 9.83. The predicted octanol–water partition coefficient (Wildman–Crippen LogP) is 0.439. The van der Waals surface area contributed by atoms with E-state index in [-0.39, 0.29) is 11.5 Å². The van der Waals surface area contributed by atoms with Crippen molar-refractivity contribution in [2.24, 2.45) is 10.5 Å². The maximum Gasteiger partial charge on any atom is 0.315 e. The van der Waals surface area contributed by atoms with E-state index in [1.807, 2.05) is 0 Å². The molecule has 0 spiro atoms. The Morgan fingerprint density at radius 2 is 2.25 bits per heavy atom. The van der Waals surface area contributed by atoms with Gasteiger partial charge in [-0.2, -0.15) is 0 Å². The number of hydrogen-bond donors (Lipinski definition) is 0. The Balaban J connectivity index is 3.07. The summed E-state index contributed by atoms with van der Waals surface area (Å²) in [5.41, 5.74) is 7.33. The van der Waals surface area contributed by atoms with Crippen molar-refractivity contribution in [2.45, 2.75) is 6.04 Å². The SMILES string of the molecule is C=CC1([C@H](N=[N+]=[N-])C(=O)OC)CS(=O)(=O)C1. The Kier molecular flexibility index (Phi) is 3.25. The first-order valence-corrected chi connectivity index (χ1v) is 6.19. The minimum atomic E-state index is -3.17. The van der Waals surface area contributed by atoms with Gasteiger partial charge in [0.1, 0.15) is 6.04 Å². The molecule has 1 heterocycles. The molecule has 1 saturated heterocycles. The fraction of sp³-hybridized carbons (Fsp3) is 0.625. The van der Waals surface area contributed by atoms with Crippen molar-refractivity contribution in [3.8, 4) is 0 Å². The molecule has 8 heteroatoms. The lowest BCUT2D eigenvalue weighted by Gasteiger charge is -2.41. The van der Waals surface area contributed by atoms with Crippen LogP contribution in [0.25, 0.3) is 10.4 Å². The summed E-state index contributed by atoms with van der Waals surface area (Å²) in [5, 5.41) is 3.30. The van der Waals surface area contributed by atoms with Gasteiger partial charge in [-0.05, 0) is 5.53 Å². The highest BCUT2D eigenvalue weighted by Gasteiger charge is 2.54. The largest absolute Gasteiger partial charge is 0.469 e. The zero-order chi connectivity index (χ0) is 12.4. The lowest BCUT2D eigenvalue weighted by Crippen LogP contribution is -2.56. The van der Waals surface area contributed by atoms with E-state index in [1.165, 1.54) is 6.08 Å². The van der Waals surface area contributed by atoms with Crippen molar-refractivity contribution in [3.63, 3.8) is 0 Å². The molecular formula is C8H11N3O4S. The van der Waals surface area contributed by atoms with Crippen LogP contribution in [0.5, 0.6) is 0 Å². The Morgan fingerprint density at radius 1 is 1.69 bits per heavy atom. The summed E-state index contributed by atoms with van der Waals surface area (Å²) >= 11 is 0. The average Bonchev–Trinajstić information content (AvgIpc) is 2.21. The van der Waals surface area contributed by atoms with Crippen LogP contribution < -0.4 is 0 Å². The molecule has 1 fully saturated rings. The van der Waals surface area contributed by atoms with E-state index in [1.54, 1.807) is 0 Å². The first kappa shape index (κ1) is 12.5. The second kappa shape index (κ2) is 4.15. The number of carbonyl (C=O) groups excluding carboxylic acids is 1. The third-order valence-corrected chi connectivity index (χ3v) is 4.47. The van der Waals surface area contributed by atoms with Gasteiger partial charge in [0.2, 0.25) is 0 Å². The van der Waals surface area contributed by atoms with Gasteiger partial charge in [0.15, 0.2) is 9.84 Å². The molecule has 0 aromatic rings. The topological polar surface area (TPSA) is 109 Å². The molecule has 0 radical (unpaired) electrons. The van der Waals surface area contributed by atoms with Gasteiger partial charge in [-0.3, -0.25) is 4.79 Å². The minimum absolute atomic E-state index is 0.248. The van der Waals surface area contributed by atoms with Crippen LogP contribution in [0.3, 0.4) is 0 Å².